The number of methoxy groups -OCH3 is 1. The van der Waals surface area contributed by atoms with Crippen molar-refractivity contribution < 1.29 is 17.9 Å². The number of nitrogens with zero attached hydrogens (tertiary/aromatic N) is 2. The van der Waals surface area contributed by atoms with Crippen LogP contribution in [0.15, 0.2) is 17.4 Å². The molecule has 6 nitrogen and oxygen atoms in total. The van der Waals surface area contributed by atoms with E-state index in [1.165, 1.54) is 19.4 Å². The number of rotatable bonds is 3. The van der Waals surface area contributed by atoms with Gasteiger partial charge in [-0.1, -0.05) is 0 Å². The zero-order valence-electron chi connectivity index (χ0n) is 8.30. The summed E-state index contributed by atoms with van der Waals surface area (Å²) in [6.07, 6.45) is 2.23. The van der Waals surface area contributed by atoms with Gasteiger partial charge in [0.15, 0.2) is 0 Å². The third-order valence-electron chi connectivity index (χ3n) is 1.58. The number of ether oxygens (including phenoxy) is 1. The molecule has 1 heterocycles. The smallest absolute Gasteiger partial charge is 0.311 e. The van der Waals surface area contributed by atoms with Gasteiger partial charge in [-0.3, -0.25) is 4.79 Å². The van der Waals surface area contributed by atoms with Crippen molar-refractivity contribution in [2.24, 2.45) is 0 Å². The average Bonchev–Trinajstić information content (AvgIpc) is 2.17. The zero-order chi connectivity index (χ0) is 11.5. The Labute approximate surface area is 87.2 Å². The first-order valence-electron chi connectivity index (χ1n) is 4.02. The predicted molar refractivity (Wildman–Crippen MR) is 50.9 cm³/mol. The molecule has 0 aliphatic rings. The topological polar surface area (TPSA) is 86.2 Å². The van der Waals surface area contributed by atoms with Crippen molar-refractivity contribution in [3.05, 3.63) is 18.0 Å². The SMILES string of the molecule is COC(=O)Cc1ccnc(S(C)(=O)=O)n1. The van der Waals surface area contributed by atoms with Crippen molar-refractivity contribution >= 4 is 15.8 Å². The summed E-state index contributed by atoms with van der Waals surface area (Å²) >= 11 is 0. The van der Waals surface area contributed by atoms with Gasteiger partial charge in [0.05, 0.1) is 19.2 Å². The molecule has 0 atom stereocenters. The molecule has 82 valence electrons. The van der Waals surface area contributed by atoms with Gasteiger partial charge in [-0.25, -0.2) is 18.4 Å². The van der Waals surface area contributed by atoms with Crippen LogP contribution in [0.1, 0.15) is 5.69 Å². The van der Waals surface area contributed by atoms with Crippen molar-refractivity contribution in [2.75, 3.05) is 13.4 Å². The Kier molecular flexibility index (Phi) is 3.35. The molecule has 0 N–H and O–H groups in total. The Bertz CT molecular complexity index is 469. The zero-order valence-corrected chi connectivity index (χ0v) is 9.11. The van der Waals surface area contributed by atoms with E-state index in [0.29, 0.717) is 5.69 Å². The van der Waals surface area contributed by atoms with E-state index in [0.717, 1.165) is 6.26 Å². The molecule has 0 saturated carbocycles. The van der Waals surface area contributed by atoms with Gasteiger partial charge < -0.3 is 4.74 Å². The maximum Gasteiger partial charge on any atom is 0.311 e. The highest BCUT2D eigenvalue weighted by atomic mass is 32.2. The Morgan fingerprint density at radius 1 is 1.53 bits per heavy atom. The summed E-state index contributed by atoms with van der Waals surface area (Å²) in [5.41, 5.74) is 0.317. The number of aromatic nitrogens is 2. The fraction of sp³-hybridized carbons (Fsp3) is 0.375. The van der Waals surface area contributed by atoms with E-state index in [9.17, 15) is 13.2 Å². The lowest BCUT2D eigenvalue weighted by Crippen LogP contribution is -2.10. The summed E-state index contributed by atoms with van der Waals surface area (Å²) in [7, 11) is -2.19. The summed E-state index contributed by atoms with van der Waals surface area (Å²) in [5, 5.41) is -0.288. The third kappa shape index (κ3) is 3.28. The summed E-state index contributed by atoms with van der Waals surface area (Å²) in [4.78, 5) is 18.2. The van der Waals surface area contributed by atoms with Gasteiger partial charge in [0.1, 0.15) is 0 Å². The van der Waals surface area contributed by atoms with Crippen molar-refractivity contribution in [2.45, 2.75) is 11.6 Å². The maximum absolute atomic E-state index is 11.1. The summed E-state index contributed by atoms with van der Waals surface area (Å²) in [6.45, 7) is 0. The lowest BCUT2D eigenvalue weighted by molar-refractivity contribution is -0.139. The Morgan fingerprint density at radius 3 is 2.73 bits per heavy atom. The first-order valence-corrected chi connectivity index (χ1v) is 5.91. The minimum atomic E-state index is -3.44. The molecule has 0 aliphatic heterocycles. The average molecular weight is 230 g/mol. The molecule has 0 radical (unpaired) electrons. The number of sulfone groups is 1. The van der Waals surface area contributed by atoms with Gasteiger partial charge in [-0.15, -0.1) is 0 Å². The van der Waals surface area contributed by atoms with E-state index < -0.39 is 15.8 Å². The maximum atomic E-state index is 11.1. The normalized spacial score (nSPS) is 11.1. The lowest BCUT2D eigenvalue weighted by Gasteiger charge is -2.00. The van der Waals surface area contributed by atoms with Gasteiger partial charge in [-0.05, 0) is 6.07 Å². The van der Waals surface area contributed by atoms with Gasteiger partial charge in [0.25, 0.3) is 0 Å². The number of carbonyl (C=O) groups excluding carboxylic acids is 1. The molecule has 1 aromatic rings. The molecule has 0 unspecified atom stereocenters. The molecule has 0 aromatic carbocycles. The van der Waals surface area contributed by atoms with Crippen LogP contribution < -0.4 is 0 Å². The number of esters is 1. The van der Waals surface area contributed by atoms with Crippen LogP contribution in [0.25, 0.3) is 0 Å². The van der Waals surface area contributed by atoms with Crippen molar-refractivity contribution in [3.8, 4) is 0 Å². The molecule has 1 aromatic heterocycles. The van der Waals surface area contributed by atoms with Crippen LogP contribution in [0.4, 0.5) is 0 Å². The van der Waals surface area contributed by atoms with E-state index in [1.807, 2.05) is 0 Å². The van der Waals surface area contributed by atoms with Crippen LogP contribution in [-0.2, 0) is 25.8 Å². The van der Waals surface area contributed by atoms with Crippen molar-refractivity contribution in [1.29, 1.82) is 0 Å². The first-order chi connectivity index (χ1) is 6.93. The monoisotopic (exact) mass is 230 g/mol. The van der Waals surface area contributed by atoms with Crippen LogP contribution in [-0.4, -0.2) is 37.7 Å². The second-order valence-corrected chi connectivity index (χ2v) is 4.77. The Morgan fingerprint density at radius 2 is 2.20 bits per heavy atom. The third-order valence-corrected chi connectivity index (χ3v) is 2.44. The molecule has 0 aliphatic carbocycles. The first kappa shape index (κ1) is 11.6. The van der Waals surface area contributed by atoms with E-state index in [1.54, 1.807) is 0 Å². The highest BCUT2D eigenvalue weighted by molar-refractivity contribution is 7.90. The quantitative estimate of drug-likeness (QED) is 0.518. The molecule has 7 heteroatoms. The highest BCUT2D eigenvalue weighted by Crippen LogP contribution is 2.03. The molecular weight excluding hydrogens is 220 g/mol. The molecule has 0 fully saturated rings. The fourth-order valence-electron chi connectivity index (χ4n) is 0.873. The predicted octanol–water partition coefficient (Wildman–Crippen LogP) is -0.404. The summed E-state index contributed by atoms with van der Waals surface area (Å²) < 4.78 is 26.6. The number of carbonyl (C=O) groups is 1. The Balaban J connectivity index is 2.99. The van der Waals surface area contributed by atoms with Gasteiger partial charge >= 0.3 is 5.97 Å². The van der Waals surface area contributed by atoms with Gasteiger partial charge in [-0.2, -0.15) is 0 Å². The van der Waals surface area contributed by atoms with E-state index >= 15 is 0 Å². The van der Waals surface area contributed by atoms with E-state index in [4.69, 9.17) is 0 Å². The fourth-order valence-corrected chi connectivity index (χ4v) is 1.41. The molecule has 0 spiro atoms. The van der Waals surface area contributed by atoms with Crippen LogP contribution in [0.3, 0.4) is 0 Å². The summed E-state index contributed by atoms with van der Waals surface area (Å²) in [5.74, 6) is -0.479. The molecule has 0 bridgehead atoms. The number of hydrogen-bond acceptors (Lipinski definition) is 6. The van der Waals surface area contributed by atoms with Crippen molar-refractivity contribution in [3.63, 3.8) is 0 Å². The van der Waals surface area contributed by atoms with Crippen molar-refractivity contribution in [1.82, 2.24) is 9.97 Å². The van der Waals surface area contributed by atoms with Gasteiger partial charge in [0, 0.05) is 12.5 Å². The van der Waals surface area contributed by atoms with Gasteiger partial charge in [0.2, 0.25) is 15.0 Å². The lowest BCUT2D eigenvalue weighted by atomic mass is 10.3. The van der Waals surface area contributed by atoms with Crippen LogP contribution >= 0.6 is 0 Å². The largest absolute Gasteiger partial charge is 0.469 e. The van der Waals surface area contributed by atoms with E-state index in [-0.39, 0.29) is 11.6 Å². The van der Waals surface area contributed by atoms with Crippen LogP contribution in [0.2, 0.25) is 0 Å². The minimum absolute atomic E-state index is 0.0679. The second-order valence-electron chi connectivity index (χ2n) is 2.86. The molecule has 15 heavy (non-hydrogen) atoms. The molecule has 1 rings (SSSR count). The Hall–Kier alpha value is -1.50. The van der Waals surface area contributed by atoms with Crippen LogP contribution in [0.5, 0.6) is 0 Å². The highest BCUT2D eigenvalue weighted by Gasteiger charge is 2.12. The molecule has 0 saturated heterocycles. The summed E-state index contributed by atoms with van der Waals surface area (Å²) in [6, 6.07) is 1.46. The second kappa shape index (κ2) is 4.35. The minimum Gasteiger partial charge on any atom is -0.469 e. The van der Waals surface area contributed by atoms with Crippen LogP contribution in [0, 0.1) is 0 Å². The standard InChI is InChI=1S/C8H10N2O4S/c1-14-7(11)5-6-3-4-9-8(10-6)15(2,12)13/h3-4H,5H2,1-2H3. The van der Waals surface area contributed by atoms with E-state index in [2.05, 4.69) is 14.7 Å². The molecular formula is C8H10N2O4S. The molecule has 0 amide bonds. The number of hydrogen-bond donors (Lipinski definition) is 0.